The highest BCUT2D eigenvalue weighted by molar-refractivity contribution is 7.92. The van der Waals surface area contributed by atoms with E-state index in [4.69, 9.17) is 15.2 Å². The lowest BCUT2D eigenvalue weighted by molar-refractivity contribution is -0.117. The van der Waals surface area contributed by atoms with Crippen molar-refractivity contribution in [3.05, 3.63) is 77.9 Å². The molecule has 4 N–H and O–H groups in total. The van der Waals surface area contributed by atoms with Crippen LogP contribution in [-0.4, -0.2) is 33.4 Å². The molecule has 0 aromatic heterocycles. The molecule has 0 bridgehead atoms. The van der Waals surface area contributed by atoms with E-state index in [0.717, 1.165) is 5.56 Å². The Morgan fingerprint density at radius 1 is 0.848 bits per heavy atom. The Hall–Kier alpha value is -4.05. The minimum atomic E-state index is -3.86. The maximum atomic E-state index is 12.7. The Balaban J connectivity index is 1.41. The Labute approximate surface area is 190 Å². The summed E-state index contributed by atoms with van der Waals surface area (Å²) < 4.78 is 38.8. The number of rotatable bonds is 7. The van der Waals surface area contributed by atoms with E-state index in [1.807, 2.05) is 0 Å². The molecule has 0 saturated carbocycles. The number of carbonyl (C=O) groups excluding carboxylic acids is 2. The fourth-order valence-electron chi connectivity index (χ4n) is 3.20. The summed E-state index contributed by atoms with van der Waals surface area (Å²) in [6.07, 6.45) is 0.123. The average Bonchev–Trinajstić information content (AvgIpc) is 2.80. The second kappa shape index (κ2) is 9.21. The number of hydrogen-bond acceptors (Lipinski definition) is 6. The van der Waals surface area contributed by atoms with Gasteiger partial charge in [0.1, 0.15) is 13.2 Å². The van der Waals surface area contributed by atoms with Gasteiger partial charge in [0, 0.05) is 23.0 Å². The number of carbonyl (C=O) groups is 2. The molecule has 0 spiro atoms. The highest BCUT2D eigenvalue weighted by Crippen LogP contribution is 2.32. The summed E-state index contributed by atoms with van der Waals surface area (Å²) in [4.78, 5) is 23.5. The SMILES string of the molecule is NC(=O)Cc1ccc(NC(=O)c2ccc(NS(=O)(=O)c3ccc4c(c3)OCCO4)cc2)cc1. The highest BCUT2D eigenvalue weighted by atomic mass is 32.2. The zero-order valence-electron chi connectivity index (χ0n) is 17.4. The molecule has 0 unspecified atom stereocenters. The van der Waals surface area contributed by atoms with Gasteiger partial charge in [-0.25, -0.2) is 8.42 Å². The molecule has 1 heterocycles. The monoisotopic (exact) mass is 467 g/mol. The number of primary amides is 1. The molecule has 1 aliphatic rings. The Kier molecular flexibility index (Phi) is 6.18. The van der Waals surface area contributed by atoms with Crippen LogP contribution in [0.1, 0.15) is 15.9 Å². The van der Waals surface area contributed by atoms with Crippen LogP contribution < -0.4 is 25.2 Å². The van der Waals surface area contributed by atoms with Crippen LogP contribution in [0.3, 0.4) is 0 Å². The van der Waals surface area contributed by atoms with Crippen LogP contribution in [0.25, 0.3) is 0 Å². The topological polar surface area (TPSA) is 137 Å². The zero-order chi connectivity index (χ0) is 23.4. The van der Waals surface area contributed by atoms with Gasteiger partial charge >= 0.3 is 0 Å². The van der Waals surface area contributed by atoms with Gasteiger partial charge in [0.15, 0.2) is 11.5 Å². The van der Waals surface area contributed by atoms with E-state index in [9.17, 15) is 18.0 Å². The minimum absolute atomic E-state index is 0.0355. The van der Waals surface area contributed by atoms with Crippen molar-refractivity contribution in [3.8, 4) is 11.5 Å². The van der Waals surface area contributed by atoms with E-state index >= 15 is 0 Å². The third-order valence-electron chi connectivity index (χ3n) is 4.81. The van der Waals surface area contributed by atoms with Crippen LogP contribution >= 0.6 is 0 Å². The molecule has 9 nitrogen and oxygen atoms in total. The van der Waals surface area contributed by atoms with Crippen LogP contribution in [0.2, 0.25) is 0 Å². The molecule has 2 amide bonds. The largest absolute Gasteiger partial charge is 0.486 e. The van der Waals surface area contributed by atoms with Crippen molar-refractivity contribution in [1.29, 1.82) is 0 Å². The van der Waals surface area contributed by atoms with E-state index in [0.29, 0.717) is 41.7 Å². The summed E-state index contributed by atoms with van der Waals surface area (Å²) in [5, 5.41) is 2.74. The number of anilines is 2. The fraction of sp³-hybridized carbons (Fsp3) is 0.130. The van der Waals surface area contributed by atoms with E-state index in [2.05, 4.69) is 10.0 Å². The number of sulfonamides is 1. The van der Waals surface area contributed by atoms with E-state index < -0.39 is 15.9 Å². The smallest absolute Gasteiger partial charge is 0.262 e. The molecule has 10 heteroatoms. The Morgan fingerprint density at radius 2 is 1.48 bits per heavy atom. The standard InChI is InChI=1S/C23H21N3O6S/c24-22(27)13-15-1-5-17(6-2-15)25-23(28)16-3-7-18(8-4-16)26-33(29,30)19-9-10-20-21(14-19)32-12-11-31-20/h1-10,14,26H,11-13H2,(H2,24,27)(H,25,28). The first-order chi connectivity index (χ1) is 15.8. The lowest BCUT2D eigenvalue weighted by Crippen LogP contribution is -2.17. The van der Waals surface area contributed by atoms with Crippen molar-refractivity contribution in [2.24, 2.45) is 5.73 Å². The molecule has 3 aromatic carbocycles. The van der Waals surface area contributed by atoms with Crippen molar-refractivity contribution >= 4 is 33.2 Å². The Bertz CT molecular complexity index is 1290. The maximum absolute atomic E-state index is 12.7. The van der Waals surface area contributed by atoms with Crippen molar-refractivity contribution in [2.75, 3.05) is 23.3 Å². The predicted molar refractivity (Wildman–Crippen MR) is 122 cm³/mol. The normalized spacial score (nSPS) is 12.6. The number of nitrogens with two attached hydrogens (primary N) is 1. The molecule has 0 atom stereocenters. The van der Waals surface area contributed by atoms with Gasteiger partial charge in [0.25, 0.3) is 15.9 Å². The molecule has 0 aliphatic carbocycles. The third-order valence-corrected chi connectivity index (χ3v) is 6.19. The summed E-state index contributed by atoms with van der Waals surface area (Å²) in [5.74, 6) is 0.0762. The molecule has 0 fully saturated rings. The second-order valence-electron chi connectivity index (χ2n) is 7.28. The molecular formula is C23H21N3O6S. The first-order valence-electron chi connectivity index (χ1n) is 10.0. The van der Waals surface area contributed by atoms with Crippen LogP contribution in [0.4, 0.5) is 11.4 Å². The summed E-state index contributed by atoms with van der Waals surface area (Å²) in [6, 6.07) is 17.2. The molecule has 0 radical (unpaired) electrons. The molecule has 4 rings (SSSR count). The van der Waals surface area contributed by atoms with Crippen molar-refractivity contribution in [3.63, 3.8) is 0 Å². The number of ether oxygens (including phenoxy) is 2. The van der Waals surface area contributed by atoms with Crippen molar-refractivity contribution in [2.45, 2.75) is 11.3 Å². The maximum Gasteiger partial charge on any atom is 0.262 e. The van der Waals surface area contributed by atoms with Crippen LogP contribution in [0.15, 0.2) is 71.6 Å². The zero-order valence-corrected chi connectivity index (χ0v) is 18.2. The third kappa shape index (κ3) is 5.42. The van der Waals surface area contributed by atoms with Crippen molar-refractivity contribution in [1.82, 2.24) is 0 Å². The molecule has 3 aromatic rings. The predicted octanol–water partition coefficient (Wildman–Crippen LogP) is 2.54. The highest BCUT2D eigenvalue weighted by Gasteiger charge is 2.19. The van der Waals surface area contributed by atoms with Gasteiger partial charge in [0.05, 0.1) is 11.3 Å². The first kappa shape index (κ1) is 22.2. The number of hydrogen-bond donors (Lipinski definition) is 3. The molecular weight excluding hydrogens is 446 g/mol. The van der Waals surface area contributed by atoms with Crippen LogP contribution in [0, 0.1) is 0 Å². The summed E-state index contributed by atoms with van der Waals surface area (Å²) in [6.45, 7) is 0.767. The van der Waals surface area contributed by atoms with Crippen LogP contribution in [0.5, 0.6) is 11.5 Å². The van der Waals surface area contributed by atoms with E-state index in [1.165, 1.54) is 36.4 Å². The quantitative estimate of drug-likeness (QED) is 0.488. The lowest BCUT2D eigenvalue weighted by Gasteiger charge is -2.19. The van der Waals surface area contributed by atoms with E-state index in [-0.39, 0.29) is 17.2 Å². The second-order valence-corrected chi connectivity index (χ2v) is 8.96. The summed E-state index contributed by atoms with van der Waals surface area (Å²) in [5.41, 5.74) is 7.11. The van der Waals surface area contributed by atoms with Gasteiger partial charge in [-0.3, -0.25) is 14.3 Å². The molecule has 33 heavy (non-hydrogen) atoms. The summed E-state index contributed by atoms with van der Waals surface area (Å²) >= 11 is 0. The summed E-state index contributed by atoms with van der Waals surface area (Å²) in [7, 11) is -3.86. The number of fused-ring (bicyclic) bond motifs is 1. The average molecular weight is 468 g/mol. The first-order valence-corrected chi connectivity index (χ1v) is 11.5. The lowest BCUT2D eigenvalue weighted by atomic mass is 10.1. The van der Waals surface area contributed by atoms with Crippen molar-refractivity contribution < 1.29 is 27.5 Å². The van der Waals surface area contributed by atoms with Gasteiger partial charge in [-0.05, 0) is 54.1 Å². The fourth-order valence-corrected chi connectivity index (χ4v) is 4.28. The number of amides is 2. The molecule has 0 saturated heterocycles. The van der Waals surface area contributed by atoms with E-state index in [1.54, 1.807) is 30.3 Å². The number of benzene rings is 3. The van der Waals surface area contributed by atoms with Gasteiger partial charge in [0.2, 0.25) is 5.91 Å². The van der Waals surface area contributed by atoms with Crippen LogP contribution in [-0.2, 0) is 21.2 Å². The van der Waals surface area contributed by atoms with Gasteiger partial charge in [-0.2, -0.15) is 0 Å². The van der Waals surface area contributed by atoms with Gasteiger partial charge in [-0.15, -0.1) is 0 Å². The minimum Gasteiger partial charge on any atom is -0.486 e. The van der Waals surface area contributed by atoms with Gasteiger partial charge in [-0.1, -0.05) is 12.1 Å². The Morgan fingerprint density at radius 3 is 2.15 bits per heavy atom. The molecule has 1 aliphatic heterocycles. The number of nitrogens with one attached hydrogen (secondary N) is 2. The van der Waals surface area contributed by atoms with Gasteiger partial charge < -0.3 is 20.5 Å². The molecule has 170 valence electrons.